The maximum atomic E-state index is 5.43. The molecule has 100 valence electrons. The van der Waals surface area contributed by atoms with Gasteiger partial charge in [0.05, 0.1) is 0 Å². The van der Waals surface area contributed by atoms with Crippen molar-refractivity contribution in [3.63, 3.8) is 0 Å². The zero-order chi connectivity index (χ0) is 13.5. The molecule has 0 unspecified atom stereocenters. The molecule has 1 aromatic heterocycles. The number of benzene rings is 1. The molecule has 0 aliphatic rings. The van der Waals surface area contributed by atoms with Crippen LogP contribution in [0.15, 0.2) is 36.7 Å². The molecule has 1 heterocycles. The van der Waals surface area contributed by atoms with Crippen molar-refractivity contribution < 1.29 is 0 Å². The van der Waals surface area contributed by atoms with Gasteiger partial charge in [0, 0.05) is 25.4 Å². The maximum absolute atomic E-state index is 5.43. The van der Waals surface area contributed by atoms with E-state index in [9.17, 15) is 0 Å². The van der Waals surface area contributed by atoms with Crippen LogP contribution in [0.4, 0.5) is 5.95 Å². The van der Waals surface area contributed by atoms with E-state index < -0.39 is 0 Å². The van der Waals surface area contributed by atoms with Gasteiger partial charge in [0.25, 0.3) is 0 Å². The number of rotatable bonds is 6. The third kappa shape index (κ3) is 4.34. The molecule has 0 spiro atoms. The maximum Gasteiger partial charge on any atom is 0.222 e. The molecule has 0 aliphatic carbocycles. The second-order valence-corrected chi connectivity index (χ2v) is 4.65. The Kier molecular flexibility index (Phi) is 4.86. The first-order chi connectivity index (χ1) is 9.28. The van der Waals surface area contributed by atoms with Gasteiger partial charge in [-0.15, -0.1) is 0 Å². The largest absolute Gasteiger partial charge is 0.354 e. The van der Waals surface area contributed by atoms with Gasteiger partial charge in [0.1, 0.15) is 0 Å². The van der Waals surface area contributed by atoms with Crippen LogP contribution in [0.2, 0.25) is 0 Å². The second-order valence-electron chi connectivity index (χ2n) is 4.65. The molecule has 0 fully saturated rings. The fourth-order valence-corrected chi connectivity index (χ4v) is 1.78. The molecule has 2 aromatic rings. The monoisotopic (exact) mass is 256 g/mol. The van der Waals surface area contributed by atoms with Gasteiger partial charge in [-0.1, -0.05) is 29.8 Å². The molecule has 4 heteroatoms. The van der Waals surface area contributed by atoms with Gasteiger partial charge in [-0.25, -0.2) is 9.97 Å². The highest BCUT2D eigenvalue weighted by atomic mass is 15.1. The molecule has 0 amide bonds. The van der Waals surface area contributed by atoms with Crippen LogP contribution < -0.4 is 11.1 Å². The van der Waals surface area contributed by atoms with Crippen molar-refractivity contribution in [2.45, 2.75) is 19.8 Å². The molecular weight excluding hydrogens is 236 g/mol. The Labute approximate surface area is 114 Å². The second kappa shape index (κ2) is 6.85. The van der Waals surface area contributed by atoms with Crippen LogP contribution in [0.25, 0.3) is 0 Å². The van der Waals surface area contributed by atoms with E-state index in [-0.39, 0.29) is 0 Å². The Morgan fingerprint density at radius 3 is 2.37 bits per heavy atom. The van der Waals surface area contributed by atoms with Crippen molar-refractivity contribution in [2.24, 2.45) is 5.73 Å². The van der Waals surface area contributed by atoms with Crippen LogP contribution in [0.3, 0.4) is 0 Å². The summed E-state index contributed by atoms with van der Waals surface area (Å²) in [7, 11) is 0. The topological polar surface area (TPSA) is 63.8 Å². The Morgan fingerprint density at radius 2 is 1.74 bits per heavy atom. The number of aromatic nitrogens is 2. The first-order valence-corrected chi connectivity index (χ1v) is 6.58. The highest BCUT2D eigenvalue weighted by Gasteiger charge is 1.99. The summed E-state index contributed by atoms with van der Waals surface area (Å²) in [5.74, 6) is 0.668. The standard InChI is InChI=1S/C15H20N4/c1-12-3-5-13(6-4-12)9-14-10-18-15(19-11-14)17-8-2-7-16/h3-6,10-11H,2,7-9,16H2,1H3,(H,17,18,19). The van der Waals surface area contributed by atoms with Crippen LogP contribution in [-0.2, 0) is 6.42 Å². The molecule has 0 radical (unpaired) electrons. The van der Waals surface area contributed by atoms with E-state index in [1.165, 1.54) is 11.1 Å². The lowest BCUT2D eigenvalue weighted by Crippen LogP contribution is -2.10. The molecule has 3 N–H and O–H groups in total. The summed E-state index contributed by atoms with van der Waals surface area (Å²) in [6.45, 7) is 3.58. The molecule has 0 aliphatic heterocycles. The summed E-state index contributed by atoms with van der Waals surface area (Å²) in [4.78, 5) is 8.60. The number of nitrogens with two attached hydrogens (primary N) is 1. The quantitative estimate of drug-likeness (QED) is 0.777. The molecule has 0 saturated carbocycles. The molecule has 1 aromatic carbocycles. The van der Waals surface area contributed by atoms with E-state index in [1.54, 1.807) is 0 Å². The third-order valence-corrected chi connectivity index (χ3v) is 2.90. The summed E-state index contributed by atoms with van der Waals surface area (Å²) >= 11 is 0. The van der Waals surface area contributed by atoms with Crippen LogP contribution in [0, 0.1) is 6.92 Å². The molecule has 4 nitrogen and oxygen atoms in total. The molecule has 2 rings (SSSR count). The number of hydrogen-bond donors (Lipinski definition) is 2. The lowest BCUT2D eigenvalue weighted by molar-refractivity contribution is 0.862. The van der Waals surface area contributed by atoms with Crippen molar-refractivity contribution in [1.82, 2.24) is 9.97 Å². The number of aryl methyl sites for hydroxylation is 1. The number of nitrogens with zero attached hydrogens (tertiary/aromatic N) is 2. The lowest BCUT2D eigenvalue weighted by atomic mass is 10.1. The number of hydrogen-bond acceptors (Lipinski definition) is 4. The average Bonchev–Trinajstić information content (AvgIpc) is 2.44. The van der Waals surface area contributed by atoms with Gasteiger partial charge < -0.3 is 11.1 Å². The SMILES string of the molecule is Cc1ccc(Cc2cnc(NCCCN)nc2)cc1. The Morgan fingerprint density at radius 1 is 1.05 bits per heavy atom. The van der Waals surface area contributed by atoms with E-state index in [0.29, 0.717) is 12.5 Å². The van der Waals surface area contributed by atoms with Crippen LogP contribution in [-0.4, -0.2) is 23.1 Å². The Bertz CT molecular complexity index is 491. The van der Waals surface area contributed by atoms with Crippen LogP contribution >= 0.6 is 0 Å². The van der Waals surface area contributed by atoms with Gasteiger partial charge in [-0.3, -0.25) is 0 Å². The minimum absolute atomic E-state index is 0.668. The summed E-state index contributed by atoms with van der Waals surface area (Å²) in [6, 6.07) is 8.53. The van der Waals surface area contributed by atoms with E-state index in [1.807, 2.05) is 12.4 Å². The number of anilines is 1. The minimum atomic E-state index is 0.668. The number of nitrogens with one attached hydrogen (secondary N) is 1. The summed E-state index contributed by atoms with van der Waals surface area (Å²) < 4.78 is 0. The van der Waals surface area contributed by atoms with Gasteiger partial charge in [0.2, 0.25) is 5.95 Å². The fraction of sp³-hybridized carbons (Fsp3) is 0.333. The highest BCUT2D eigenvalue weighted by molar-refractivity contribution is 5.29. The minimum Gasteiger partial charge on any atom is -0.354 e. The predicted molar refractivity (Wildman–Crippen MR) is 78.2 cm³/mol. The zero-order valence-corrected chi connectivity index (χ0v) is 11.3. The van der Waals surface area contributed by atoms with Gasteiger partial charge in [-0.2, -0.15) is 0 Å². The highest BCUT2D eigenvalue weighted by Crippen LogP contribution is 2.10. The van der Waals surface area contributed by atoms with Crippen LogP contribution in [0.5, 0.6) is 0 Å². The molecular formula is C15H20N4. The van der Waals surface area contributed by atoms with Gasteiger partial charge in [-0.05, 0) is 31.0 Å². The van der Waals surface area contributed by atoms with E-state index in [2.05, 4.69) is 46.5 Å². The van der Waals surface area contributed by atoms with Crippen molar-refractivity contribution in [1.29, 1.82) is 0 Å². The van der Waals surface area contributed by atoms with Gasteiger partial charge >= 0.3 is 0 Å². The zero-order valence-electron chi connectivity index (χ0n) is 11.3. The van der Waals surface area contributed by atoms with E-state index in [0.717, 1.165) is 24.9 Å². The van der Waals surface area contributed by atoms with Gasteiger partial charge in [0.15, 0.2) is 0 Å². The normalized spacial score (nSPS) is 10.4. The molecule has 0 bridgehead atoms. The van der Waals surface area contributed by atoms with Crippen molar-refractivity contribution in [3.05, 3.63) is 53.3 Å². The Balaban J connectivity index is 1.92. The van der Waals surface area contributed by atoms with E-state index in [4.69, 9.17) is 5.73 Å². The summed E-state index contributed by atoms with van der Waals surface area (Å²) in [5, 5.41) is 3.14. The Hall–Kier alpha value is -1.94. The van der Waals surface area contributed by atoms with Crippen molar-refractivity contribution >= 4 is 5.95 Å². The smallest absolute Gasteiger partial charge is 0.222 e. The first kappa shape index (κ1) is 13.5. The lowest BCUT2D eigenvalue weighted by Gasteiger charge is -2.05. The van der Waals surface area contributed by atoms with Crippen molar-refractivity contribution in [3.8, 4) is 0 Å². The third-order valence-electron chi connectivity index (χ3n) is 2.90. The van der Waals surface area contributed by atoms with Crippen LogP contribution in [0.1, 0.15) is 23.1 Å². The average molecular weight is 256 g/mol. The molecule has 0 saturated heterocycles. The van der Waals surface area contributed by atoms with Crippen molar-refractivity contribution in [2.75, 3.05) is 18.4 Å². The predicted octanol–water partition coefficient (Wildman–Crippen LogP) is 2.14. The molecule has 19 heavy (non-hydrogen) atoms. The fourth-order valence-electron chi connectivity index (χ4n) is 1.78. The molecule has 0 atom stereocenters. The summed E-state index contributed by atoms with van der Waals surface area (Å²) in [5.41, 5.74) is 9.10. The summed E-state index contributed by atoms with van der Waals surface area (Å²) in [6.07, 6.45) is 5.53. The van der Waals surface area contributed by atoms with E-state index >= 15 is 0 Å². The first-order valence-electron chi connectivity index (χ1n) is 6.58.